The van der Waals surface area contributed by atoms with Crippen LogP contribution in [0.3, 0.4) is 0 Å². The minimum Gasteiger partial charge on any atom is -0.378 e. The van der Waals surface area contributed by atoms with Gasteiger partial charge in [0, 0.05) is 45.3 Å². The van der Waals surface area contributed by atoms with E-state index in [2.05, 4.69) is 9.88 Å². The van der Waals surface area contributed by atoms with Gasteiger partial charge in [-0.15, -0.1) is 0 Å². The summed E-state index contributed by atoms with van der Waals surface area (Å²) in [6, 6.07) is 8.28. The van der Waals surface area contributed by atoms with Crippen LogP contribution in [0.2, 0.25) is 0 Å². The molecule has 2 aliphatic rings. The van der Waals surface area contributed by atoms with Crippen LogP contribution in [0.1, 0.15) is 19.2 Å². The zero-order chi connectivity index (χ0) is 24.5. The Morgan fingerprint density at radius 2 is 1.60 bits per heavy atom. The SMILES string of the molecule is C[C@H](N)C(=O)N1CCN(c2cc(N3CCOCC3)nc(-n3c(C(F)F)nc4ccccc43)n2)CC1. The van der Waals surface area contributed by atoms with Crippen molar-refractivity contribution in [3.63, 3.8) is 0 Å². The van der Waals surface area contributed by atoms with Gasteiger partial charge in [0.1, 0.15) is 11.6 Å². The van der Waals surface area contributed by atoms with Gasteiger partial charge in [-0.3, -0.25) is 9.36 Å². The van der Waals surface area contributed by atoms with Crippen molar-refractivity contribution in [2.45, 2.75) is 19.4 Å². The number of para-hydroxylation sites is 2. The average Bonchev–Trinajstić information content (AvgIpc) is 3.29. The Bertz CT molecular complexity index is 1200. The lowest BCUT2D eigenvalue weighted by atomic mass is 10.2. The molecular formula is C23H28F2N8O2. The number of ether oxygens (including phenoxy) is 1. The Morgan fingerprint density at radius 3 is 2.23 bits per heavy atom. The standard InChI is InChI=1S/C23H28F2N8O2/c1-15(26)22(34)32-8-6-30(7-9-32)18-14-19(31-10-12-35-13-11-31)29-23(28-18)33-17-5-3-2-4-16(17)27-21(33)20(24)25/h2-5,14-15,20H,6-13,26H2,1H3/t15-/m0/s1. The molecule has 0 spiro atoms. The van der Waals surface area contributed by atoms with Crippen molar-refractivity contribution in [3.8, 4) is 5.95 Å². The van der Waals surface area contributed by atoms with Gasteiger partial charge in [0.05, 0.1) is 30.3 Å². The van der Waals surface area contributed by atoms with Crippen molar-refractivity contribution in [1.82, 2.24) is 24.4 Å². The van der Waals surface area contributed by atoms with E-state index in [0.717, 1.165) is 0 Å². The minimum atomic E-state index is -2.80. The monoisotopic (exact) mass is 486 g/mol. The van der Waals surface area contributed by atoms with Crippen molar-refractivity contribution >= 4 is 28.6 Å². The molecule has 4 heterocycles. The third kappa shape index (κ3) is 4.63. The zero-order valence-corrected chi connectivity index (χ0v) is 19.5. The lowest BCUT2D eigenvalue weighted by molar-refractivity contribution is -0.132. The third-order valence-corrected chi connectivity index (χ3v) is 6.31. The summed E-state index contributed by atoms with van der Waals surface area (Å²) >= 11 is 0. The lowest BCUT2D eigenvalue weighted by Crippen LogP contribution is -2.52. The maximum Gasteiger partial charge on any atom is 0.296 e. The van der Waals surface area contributed by atoms with Gasteiger partial charge in [-0.25, -0.2) is 13.8 Å². The number of nitrogens with zero attached hydrogens (tertiary/aromatic N) is 7. The van der Waals surface area contributed by atoms with Crippen molar-refractivity contribution in [1.29, 1.82) is 0 Å². The second kappa shape index (κ2) is 9.70. The number of carbonyl (C=O) groups excluding carboxylic acids is 1. The van der Waals surface area contributed by atoms with E-state index in [-0.39, 0.29) is 11.9 Å². The van der Waals surface area contributed by atoms with Crippen molar-refractivity contribution < 1.29 is 18.3 Å². The highest BCUT2D eigenvalue weighted by atomic mass is 19.3. The highest BCUT2D eigenvalue weighted by Gasteiger charge is 2.27. The van der Waals surface area contributed by atoms with Crippen LogP contribution in [0.15, 0.2) is 30.3 Å². The molecule has 12 heteroatoms. The Hall–Kier alpha value is -3.38. The molecule has 1 amide bonds. The number of hydrogen-bond donors (Lipinski definition) is 1. The molecule has 10 nitrogen and oxygen atoms in total. The van der Waals surface area contributed by atoms with E-state index in [1.54, 1.807) is 36.1 Å². The van der Waals surface area contributed by atoms with E-state index >= 15 is 0 Å². The summed E-state index contributed by atoms with van der Waals surface area (Å²) in [5.41, 5.74) is 6.73. The smallest absolute Gasteiger partial charge is 0.296 e. The number of aromatic nitrogens is 4. The Labute approximate surface area is 201 Å². The number of rotatable bonds is 5. The van der Waals surface area contributed by atoms with Crippen LogP contribution in [-0.4, -0.2) is 88.9 Å². The first-order valence-electron chi connectivity index (χ1n) is 11.7. The second-order valence-electron chi connectivity index (χ2n) is 8.68. The Kier molecular flexibility index (Phi) is 6.48. The van der Waals surface area contributed by atoms with Crippen LogP contribution >= 0.6 is 0 Å². The molecule has 1 atom stereocenters. The average molecular weight is 487 g/mol. The van der Waals surface area contributed by atoms with Crippen LogP contribution in [0.4, 0.5) is 20.4 Å². The van der Waals surface area contributed by atoms with E-state index in [9.17, 15) is 13.6 Å². The Balaban J connectivity index is 1.56. The Morgan fingerprint density at radius 1 is 0.971 bits per heavy atom. The number of fused-ring (bicyclic) bond motifs is 1. The van der Waals surface area contributed by atoms with Crippen molar-refractivity contribution in [2.75, 3.05) is 62.3 Å². The molecule has 2 fully saturated rings. The minimum absolute atomic E-state index is 0.0894. The van der Waals surface area contributed by atoms with Gasteiger partial charge in [0.2, 0.25) is 11.9 Å². The summed E-state index contributed by atoms with van der Waals surface area (Å²) in [4.78, 5) is 31.7. The molecule has 2 N–H and O–H groups in total. The molecule has 5 rings (SSSR count). The van der Waals surface area contributed by atoms with Crippen LogP contribution in [0.5, 0.6) is 0 Å². The molecule has 0 unspecified atom stereocenters. The fourth-order valence-electron chi connectivity index (χ4n) is 4.47. The molecule has 1 aromatic carbocycles. The number of piperazine rings is 1. The number of nitrogens with two attached hydrogens (primary N) is 1. The molecule has 2 saturated heterocycles. The molecule has 0 radical (unpaired) electrons. The second-order valence-corrected chi connectivity index (χ2v) is 8.68. The quantitative estimate of drug-likeness (QED) is 0.580. The van der Waals surface area contributed by atoms with Crippen molar-refractivity contribution in [3.05, 3.63) is 36.2 Å². The van der Waals surface area contributed by atoms with Gasteiger partial charge in [0.15, 0.2) is 5.82 Å². The third-order valence-electron chi connectivity index (χ3n) is 6.31. The van der Waals surface area contributed by atoms with Gasteiger partial charge >= 0.3 is 0 Å². The number of benzene rings is 1. The lowest BCUT2D eigenvalue weighted by Gasteiger charge is -2.36. The van der Waals surface area contributed by atoms with Gasteiger partial charge in [-0.1, -0.05) is 12.1 Å². The maximum atomic E-state index is 14.0. The van der Waals surface area contributed by atoms with Crippen LogP contribution in [0, 0.1) is 0 Å². The first-order chi connectivity index (χ1) is 16.9. The molecule has 3 aromatic rings. The van der Waals surface area contributed by atoms with Gasteiger partial charge in [0.25, 0.3) is 6.43 Å². The van der Waals surface area contributed by atoms with E-state index < -0.39 is 18.3 Å². The summed E-state index contributed by atoms with van der Waals surface area (Å²) in [7, 11) is 0. The fourth-order valence-corrected chi connectivity index (χ4v) is 4.47. The zero-order valence-electron chi connectivity index (χ0n) is 19.5. The topological polar surface area (TPSA) is 106 Å². The summed E-state index contributed by atoms with van der Waals surface area (Å²) in [6.07, 6.45) is -2.80. The highest BCUT2D eigenvalue weighted by molar-refractivity contribution is 5.81. The fraction of sp³-hybridized carbons (Fsp3) is 0.478. The first kappa shape index (κ1) is 23.4. The molecule has 0 aliphatic carbocycles. The number of alkyl halides is 2. The molecule has 2 aromatic heterocycles. The van der Waals surface area contributed by atoms with Crippen LogP contribution in [-0.2, 0) is 9.53 Å². The molecule has 35 heavy (non-hydrogen) atoms. The predicted octanol–water partition coefficient (Wildman–Crippen LogP) is 1.59. The van der Waals surface area contributed by atoms with Crippen LogP contribution < -0.4 is 15.5 Å². The molecule has 2 aliphatic heterocycles. The number of carbonyl (C=O) groups is 1. The van der Waals surface area contributed by atoms with E-state index in [1.165, 1.54) is 4.57 Å². The molecule has 0 bridgehead atoms. The van der Waals surface area contributed by atoms with Gasteiger partial charge in [-0.2, -0.15) is 9.97 Å². The number of morpholine rings is 1. The molecule has 186 valence electrons. The highest BCUT2D eigenvalue weighted by Crippen LogP contribution is 2.29. The van der Waals surface area contributed by atoms with Gasteiger partial charge < -0.3 is 25.2 Å². The van der Waals surface area contributed by atoms with Gasteiger partial charge in [-0.05, 0) is 19.1 Å². The maximum absolute atomic E-state index is 14.0. The summed E-state index contributed by atoms with van der Waals surface area (Å²) in [5, 5.41) is 0. The molecular weight excluding hydrogens is 458 g/mol. The summed E-state index contributed by atoms with van der Waals surface area (Å²) < 4.78 is 34.9. The number of imidazole rings is 1. The number of halogens is 2. The largest absolute Gasteiger partial charge is 0.378 e. The summed E-state index contributed by atoms with van der Waals surface area (Å²) in [5.74, 6) is 0.905. The first-order valence-corrected chi connectivity index (χ1v) is 11.7. The van der Waals surface area contributed by atoms with Crippen molar-refractivity contribution in [2.24, 2.45) is 5.73 Å². The number of amides is 1. The normalized spacial score (nSPS) is 17.9. The van der Waals surface area contributed by atoms with E-state index in [1.807, 2.05) is 11.0 Å². The summed E-state index contributed by atoms with van der Waals surface area (Å²) in [6.45, 7) is 6.17. The predicted molar refractivity (Wildman–Crippen MR) is 127 cm³/mol. The van der Waals surface area contributed by atoms with Crippen LogP contribution in [0.25, 0.3) is 17.0 Å². The number of anilines is 2. The molecule has 0 saturated carbocycles. The van der Waals surface area contributed by atoms with E-state index in [4.69, 9.17) is 20.4 Å². The van der Waals surface area contributed by atoms with E-state index in [0.29, 0.717) is 75.2 Å². The number of hydrogen-bond acceptors (Lipinski definition) is 8.